The van der Waals surface area contributed by atoms with Crippen molar-refractivity contribution in [3.05, 3.63) is 52.6 Å². The Morgan fingerprint density at radius 2 is 2.11 bits per heavy atom. The van der Waals surface area contributed by atoms with Crippen LogP contribution in [-0.2, 0) is 6.54 Å². The molecule has 3 aromatic heterocycles. The minimum Gasteiger partial charge on any atom is -0.391 e. The van der Waals surface area contributed by atoms with Crippen molar-refractivity contribution >= 4 is 28.2 Å². The molecule has 1 saturated carbocycles. The van der Waals surface area contributed by atoms with E-state index in [1.807, 2.05) is 38.1 Å². The molecule has 0 bridgehead atoms. The molecule has 3 aromatic rings. The summed E-state index contributed by atoms with van der Waals surface area (Å²) < 4.78 is 1.66. The third-order valence-corrected chi connectivity index (χ3v) is 5.27. The number of hydrogen-bond acceptors (Lipinski definition) is 6. The minimum atomic E-state index is -0.427. The van der Waals surface area contributed by atoms with Crippen LogP contribution < -0.4 is 16.2 Å². The van der Waals surface area contributed by atoms with E-state index in [-0.39, 0.29) is 11.6 Å². The van der Waals surface area contributed by atoms with Crippen LogP contribution in [0.1, 0.15) is 31.7 Å². The second-order valence-electron chi connectivity index (χ2n) is 7.32. The molecular weight excluding hydrogens is 354 g/mol. The Morgan fingerprint density at radius 3 is 2.82 bits per heavy atom. The molecule has 1 aliphatic rings. The molecule has 3 heterocycles. The maximum atomic E-state index is 12.9. The smallest absolute Gasteiger partial charge is 0.262 e. The molecule has 146 valence electrons. The number of anilines is 3. The van der Waals surface area contributed by atoms with Gasteiger partial charge in [-0.2, -0.15) is 0 Å². The van der Waals surface area contributed by atoms with E-state index in [1.165, 1.54) is 0 Å². The summed E-state index contributed by atoms with van der Waals surface area (Å²) >= 11 is 0. The number of fused-ring (bicyclic) bond motifs is 1. The van der Waals surface area contributed by atoms with E-state index in [4.69, 9.17) is 0 Å². The molecule has 28 heavy (non-hydrogen) atoms. The maximum absolute atomic E-state index is 12.9. The number of nitrogens with one attached hydrogen (secondary N) is 2. The van der Waals surface area contributed by atoms with Crippen LogP contribution in [0.2, 0.25) is 0 Å². The number of pyridine rings is 3. The van der Waals surface area contributed by atoms with Gasteiger partial charge >= 0.3 is 0 Å². The summed E-state index contributed by atoms with van der Waals surface area (Å²) in [5.74, 6) is 1.81. The van der Waals surface area contributed by atoms with Gasteiger partial charge in [0.1, 0.15) is 17.5 Å². The first-order valence-electron chi connectivity index (χ1n) is 9.73. The largest absolute Gasteiger partial charge is 0.391 e. The Hall–Kier alpha value is -2.93. The summed E-state index contributed by atoms with van der Waals surface area (Å²) in [6.45, 7) is 4.53. The van der Waals surface area contributed by atoms with E-state index in [2.05, 4.69) is 20.6 Å². The highest BCUT2D eigenvalue weighted by atomic mass is 16.3. The van der Waals surface area contributed by atoms with Crippen molar-refractivity contribution in [2.24, 2.45) is 0 Å². The second kappa shape index (κ2) is 7.59. The number of hydrogen-bond donors (Lipinski definition) is 3. The Bertz CT molecular complexity index is 1060. The third kappa shape index (κ3) is 3.57. The standard InChI is InChI=1S/C21H25N5O2/c1-3-26-10-8-14-12-18(24-17-11-13(2)7-9-22-17)25-20(19(14)21(26)28)23-15-5-4-6-16(15)27/h7-12,15-16,27H,3-6H2,1-2H3,(H2,22,23,24,25)/t15-,16-/m0/s1. The van der Waals surface area contributed by atoms with E-state index in [0.717, 1.165) is 30.2 Å². The van der Waals surface area contributed by atoms with E-state index >= 15 is 0 Å². The van der Waals surface area contributed by atoms with Crippen molar-refractivity contribution < 1.29 is 5.11 Å². The highest BCUT2D eigenvalue weighted by Gasteiger charge is 2.26. The number of aromatic nitrogens is 3. The average molecular weight is 379 g/mol. The normalized spacial score (nSPS) is 19.1. The van der Waals surface area contributed by atoms with Gasteiger partial charge in [0.05, 0.1) is 17.5 Å². The fourth-order valence-electron chi connectivity index (χ4n) is 3.74. The van der Waals surface area contributed by atoms with Gasteiger partial charge in [0.15, 0.2) is 0 Å². The summed E-state index contributed by atoms with van der Waals surface area (Å²) in [7, 11) is 0. The van der Waals surface area contributed by atoms with Crippen LogP contribution in [0.4, 0.5) is 17.5 Å². The van der Waals surface area contributed by atoms with Gasteiger partial charge < -0.3 is 20.3 Å². The van der Waals surface area contributed by atoms with E-state index < -0.39 is 6.10 Å². The van der Waals surface area contributed by atoms with Crippen molar-refractivity contribution in [3.63, 3.8) is 0 Å². The first kappa shape index (κ1) is 18.4. The number of aryl methyl sites for hydroxylation is 2. The molecule has 1 aliphatic carbocycles. The lowest BCUT2D eigenvalue weighted by Gasteiger charge is -2.19. The predicted molar refractivity (Wildman–Crippen MR) is 111 cm³/mol. The highest BCUT2D eigenvalue weighted by Crippen LogP contribution is 2.28. The van der Waals surface area contributed by atoms with Gasteiger partial charge in [-0.15, -0.1) is 0 Å². The Balaban J connectivity index is 1.80. The SMILES string of the molecule is CCn1ccc2cc(Nc3cc(C)ccn3)nc(N[C@H]3CCC[C@@H]3O)c2c1=O. The predicted octanol–water partition coefficient (Wildman–Crippen LogP) is 3.19. The van der Waals surface area contributed by atoms with Crippen molar-refractivity contribution in [3.8, 4) is 0 Å². The zero-order valence-corrected chi connectivity index (χ0v) is 16.1. The van der Waals surface area contributed by atoms with Crippen molar-refractivity contribution in [2.45, 2.75) is 51.8 Å². The van der Waals surface area contributed by atoms with Crippen LogP contribution >= 0.6 is 0 Å². The molecule has 0 unspecified atom stereocenters. The van der Waals surface area contributed by atoms with Crippen molar-refractivity contribution in [1.82, 2.24) is 14.5 Å². The molecule has 7 heteroatoms. The van der Waals surface area contributed by atoms with E-state index in [0.29, 0.717) is 29.4 Å². The van der Waals surface area contributed by atoms with Gasteiger partial charge in [-0.05, 0) is 68.3 Å². The quantitative estimate of drug-likeness (QED) is 0.631. The fourth-order valence-corrected chi connectivity index (χ4v) is 3.74. The second-order valence-corrected chi connectivity index (χ2v) is 7.32. The summed E-state index contributed by atoms with van der Waals surface area (Å²) in [6, 6.07) is 7.55. The molecule has 7 nitrogen and oxygen atoms in total. The summed E-state index contributed by atoms with van der Waals surface area (Å²) in [4.78, 5) is 21.9. The zero-order valence-electron chi connectivity index (χ0n) is 16.1. The summed E-state index contributed by atoms with van der Waals surface area (Å²) in [5, 5.41) is 18.1. The minimum absolute atomic E-state index is 0.0808. The molecule has 3 N–H and O–H groups in total. The molecular formula is C21H25N5O2. The van der Waals surface area contributed by atoms with Crippen LogP contribution in [0.15, 0.2) is 41.5 Å². The molecule has 0 aromatic carbocycles. The monoisotopic (exact) mass is 379 g/mol. The maximum Gasteiger partial charge on any atom is 0.262 e. The van der Waals surface area contributed by atoms with E-state index in [1.54, 1.807) is 17.0 Å². The van der Waals surface area contributed by atoms with Gasteiger partial charge in [-0.3, -0.25) is 4.79 Å². The lowest BCUT2D eigenvalue weighted by molar-refractivity contribution is 0.171. The first-order chi connectivity index (χ1) is 13.5. The van der Waals surface area contributed by atoms with Crippen LogP contribution in [0, 0.1) is 6.92 Å². The molecule has 0 saturated heterocycles. The Kier molecular flexibility index (Phi) is 5.00. The number of nitrogens with zero attached hydrogens (tertiary/aromatic N) is 3. The highest BCUT2D eigenvalue weighted by molar-refractivity contribution is 5.93. The molecule has 0 spiro atoms. The molecule has 4 rings (SSSR count). The van der Waals surface area contributed by atoms with Gasteiger partial charge in [-0.25, -0.2) is 9.97 Å². The lowest BCUT2D eigenvalue weighted by Crippen LogP contribution is -2.30. The fraction of sp³-hybridized carbons (Fsp3) is 0.381. The molecule has 0 aliphatic heterocycles. The lowest BCUT2D eigenvalue weighted by atomic mass is 10.1. The zero-order chi connectivity index (χ0) is 19.7. The van der Waals surface area contributed by atoms with Crippen molar-refractivity contribution in [2.75, 3.05) is 10.6 Å². The molecule has 2 atom stereocenters. The first-order valence-corrected chi connectivity index (χ1v) is 9.73. The number of aliphatic hydroxyl groups is 1. The van der Waals surface area contributed by atoms with Crippen LogP contribution in [0.25, 0.3) is 10.8 Å². The van der Waals surface area contributed by atoms with Crippen LogP contribution in [-0.4, -0.2) is 31.8 Å². The van der Waals surface area contributed by atoms with Gasteiger partial charge in [0, 0.05) is 18.9 Å². The molecule has 1 fully saturated rings. The van der Waals surface area contributed by atoms with E-state index in [9.17, 15) is 9.90 Å². The Morgan fingerprint density at radius 1 is 1.25 bits per heavy atom. The summed E-state index contributed by atoms with van der Waals surface area (Å²) in [5.41, 5.74) is 1.01. The summed E-state index contributed by atoms with van der Waals surface area (Å²) in [6.07, 6.45) is 5.70. The number of rotatable bonds is 5. The third-order valence-electron chi connectivity index (χ3n) is 5.27. The number of aliphatic hydroxyl groups excluding tert-OH is 1. The van der Waals surface area contributed by atoms with Gasteiger partial charge in [0.25, 0.3) is 5.56 Å². The van der Waals surface area contributed by atoms with Crippen LogP contribution in [0.5, 0.6) is 0 Å². The van der Waals surface area contributed by atoms with Crippen LogP contribution in [0.3, 0.4) is 0 Å². The van der Waals surface area contributed by atoms with Gasteiger partial charge in [0.2, 0.25) is 0 Å². The topological polar surface area (TPSA) is 92.1 Å². The molecule has 0 radical (unpaired) electrons. The average Bonchev–Trinajstić information content (AvgIpc) is 3.06. The Labute approximate surface area is 163 Å². The van der Waals surface area contributed by atoms with Gasteiger partial charge in [-0.1, -0.05) is 0 Å². The van der Waals surface area contributed by atoms with Crippen molar-refractivity contribution in [1.29, 1.82) is 0 Å². The molecule has 0 amide bonds.